The Morgan fingerprint density at radius 1 is 1.19 bits per heavy atom. The molecule has 1 amide bonds. The lowest BCUT2D eigenvalue weighted by molar-refractivity contribution is -0.116. The van der Waals surface area contributed by atoms with Crippen LogP contribution in [-0.4, -0.2) is 28.1 Å². The molecule has 164 valence electrons. The number of carbonyl (C=O) groups is 1. The first-order valence-corrected chi connectivity index (χ1v) is 10.9. The molecule has 1 N–H and O–H groups in total. The lowest BCUT2D eigenvalue weighted by atomic mass is 10.2. The van der Waals surface area contributed by atoms with Gasteiger partial charge in [-0.2, -0.15) is 4.98 Å². The number of thiophene rings is 1. The van der Waals surface area contributed by atoms with E-state index in [1.165, 1.54) is 0 Å². The minimum absolute atomic E-state index is 0.112. The standard InChI is InChI=1S/C23H22N4O4S/c1-15-8-10-17(18(13-15)29-2)30-21-11-9-16(14-24-21)25-20(28)6-3-7-22-26-23(27-31-22)19-5-4-12-32-19/h4-5,8-14H,3,6-7H2,1-2H3,(H,25,28). The second kappa shape index (κ2) is 10.1. The molecule has 0 aliphatic rings. The summed E-state index contributed by atoms with van der Waals surface area (Å²) in [5.41, 5.74) is 1.67. The van der Waals surface area contributed by atoms with Gasteiger partial charge in [0.25, 0.3) is 0 Å². The van der Waals surface area contributed by atoms with Crippen LogP contribution in [-0.2, 0) is 11.2 Å². The van der Waals surface area contributed by atoms with Gasteiger partial charge in [0.1, 0.15) is 0 Å². The molecule has 0 fully saturated rings. The average molecular weight is 451 g/mol. The monoisotopic (exact) mass is 450 g/mol. The van der Waals surface area contributed by atoms with E-state index in [0.29, 0.717) is 54.0 Å². The third-order valence-electron chi connectivity index (χ3n) is 4.56. The molecular formula is C23H22N4O4S. The number of benzene rings is 1. The number of methoxy groups -OCH3 is 1. The molecule has 3 aromatic heterocycles. The normalized spacial score (nSPS) is 10.7. The summed E-state index contributed by atoms with van der Waals surface area (Å²) in [6, 6.07) is 13.0. The van der Waals surface area contributed by atoms with E-state index in [2.05, 4.69) is 20.4 Å². The Morgan fingerprint density at radius 3 is 2.84 bits per heavy atom. The van der Waals surface area contributed by atoms with Crippen molar-refractivity contribution in [2.75, 3.05) is 12.4 Å². The van der Waals surface area contributed by atoms with Crippen molar-refractivity contribution in [3.63, 3.8) is 0 Å². The Morgan fingerprint density at radius 2 is 2.09 bits per heavy atom. The third kappa shape index (κ3) is 5.50. The highest BCUT2D eigenvalue weighted by atomic mass is 32.1. The van der Waals surface area contributed by atoms with E-state index in [1.807, 2.05) is 42.6 Å². The van der Waals surface area contributed by atoms with Crippen LogP contribution in [0.1, 0.15) is 24.3 Å². The van der Waals surface area contributed by atoms with Crippen LogP contribution < -0.4 is 14.8 Å². The minimum atomic E-state index is -0.112. The Labute approximate surface area is 189 Å². The van der Waals surface area contributed by atoms with E-state index in [0.717, 1.165) is 10.4 Å². The van der Waals surface area contributed by atoms with Crippen LogP contribution in [0.25, 0.3) is 10.7 Å². The van der Waals surface area contributed by atoms with Crippen molar-refractivity contribution in [3.05, 3.63) is 65.5 Å². The average Bonchev–Trinajstić information content (AvgIpc) is 3.48. The van der Waals surface area contributed by atoms with E-state index in [-0.39, 0.29) is 5.91 Å². The van der Waals surface area contributed by atoms with E-state index in [1.54, 1.807) is 36.8 Å². The summed E-state index contributed by atoms with van der Waals surface area (Å²) in [4.78, 5) is 21.8. The molecule has 0 saturated carbocycles. The first-order chi connectivity index (χ1) is 15.6. The van der Waals surface area contributed by atoms with Crippen LogP contribution in [0.4, 0.5) is 5.69 Å². The van der Waals surface area contributed by atoms with Crippen LogP contribution in [0.3, 0.4) is 0 Å². The highest BCUT2D eigenvalue weighted by Gasteiger charge is 2.11. The topological polar surface area (TPSA) is 99.4 Å². The van der Waals surface area contributed by atoms with Crippen LogP contribution in [0, 0.1) is 6.92 Å². The molecule has 0 aliphatic carbocycles. The molecule has 4 aromatic rings. The van der Waals surface area contributed by atoms with Gasteiger partial charge in [0.15, 0.2) is 11.5 Å². The van der Waals surface area contributed by atoms with Gasteiger partial charge in [0.2, 0.25) is 23.5 Å². The molecule has 0 aliphatic heterocycles. The number of aromatic nitrogens is 3. The number of carbonyl (C=O) groups excluding carboxylic acids is 1. The zero-order chi connectivity index (χ0) is 22.3. The number of hydrogen-bond acceptors (Lipinski definition) is 8. The fourth-order valence-electron chi connectivity index (χ4n) is 2.97. The molecule has 32 heavy (non-hydrogen) atoms. The summed E-state index contributed by atoms with van der Waals surface area (Å²) in [6.45, 7) is 1.98. The summed E-state index contributed by atoms with van der Waals surface area (Å²) < 4.78 is 16.4. The van der Waals surface area contributed by atoms with Crippen LogP contribution in [0.15, 0.2) is 58.6 Å². The first kappa shape index (κ1) is 21.5. The summed E-state index contributed by atoms with van der Waals surface area (Å²) >= 11 is 1.55. The van der Waals surface area contributed by atoms with Gasteiger partial charge < -0.3 is 19.3 Å². The fourth-order valence-corrected chi connectivity index (χ4v) is 3.62. The summed E-state index contributed by atoms with van der Waals surface area (Å²) in [7, 11) is 1.59. The van der Waals surface area contributed by atoms with Gasteiger partial charge in [-0.15, -0.1) is 11.3 Å². The molecule has 4 rings (SSSR count). The predicted molar refractivity (Wildman–Crippen MR) is 121 cm³/mol. The zero-order valence-corrected chi connectivity index (χ0v) is 18.5. The lowest BCUT2D eigenvalue weighted by Gasteiger charge is -2.11. The van der Waals surface area contributed by atoms with Gasteiger partial charge in [-0.1, -0.05) is 17.3 Å². The maximum atomic E-state index is 12.2. The molecule has 0 saturated heterocycles. The highest BCUT2D eigenvalue weighted by Crippen LogP contribution is 2.31. The molecule has 3 heterocycles. The van der Waals surface area contributed by atoms with Gasteiger partial charge in [-0.05, 0) is 48.6 Å². The van der Waals surface area contributed by atoms with E-state index < -0.39 is 0 Å². The van der Waals surface area contributed by atoms with Gasteiger partial charge in [-0.25, -0.2) is 4.98 Å². The van der Waals surface area contributed by atoms with Crippen LogP contribution >= 0.6 is 11.3 Å². The number of amides is 1. The molecule has 0 radical (unpaired) electrons. The largest absolute Gasteiger partial charge is 0.493 e. The summed E-state index contributed by atoms with van der Waals surface area (Å²) in [5.74, 6) is 2.60. The summed E-state index contributed by atoms with van der Waals surface area (Å²) in [6.07, 6.45) is 3.02. The quantitative estimate of drug-likeness (QED) is 0.371. The number of pyridine rings is 1. The van der Waals surface area contributed by atoms with Crippen molar-refractivity contribution in [3.8, 4) is 28.1 Å². The van der Waals surface area contributed by atoms with E-state index in [4.69, 9.17) is 14.0 Å². The zero-order valence-electron chi connectivity index (χ0n) is 17.7. The predicted octanol–water partition coefficient (Wildman–Crippen LogP) is 5.26. The maximum absolute atomic E-state index is 12.2. The molecule has 0 unspecified atom stereocenters. The van der Waals surface area contributed by atoms with Crippen molar-refractivity contribution in [1.82, 2.24) is 15.1 Å². The fraction of sp³-hybridized carbons (Fsp3) is 0.217. The minimum Gasteiger partial charge on any atom is -0.493 e. The van der Waals surface area contributed by atoms with Crippen molar-refractivity contribution >= 4 is 22.9 Å². The number of anilines is 1. The third-order valence-corrected chi connectivity index (χ3v) is 5.42. The molecule has 0 bridgehead atoms. The van der Waals surface area contributed by atoms with Crippen molar-refractivity contribution < 1.29 is 18.8 Å². The van der Waals surface area contributed by atoms with Crippen molar-refractivity contribution in [2.24, 2.45) is 0 Å². The second-order valence-electron chi connectivity index (χ2n) is 7.03. The molecule has 8 nitrogen and oxygen atoms in total. The maximum Gasteiger partial charge on any atom is 0.226 e. The lowest BCUT2D eigenvalue weighted by Crippen LogP contribution is -2.11. The van der Waals surface area contributed by atoms with Crippen molar-refractivity contribution in [1.29, 1.82) is 0 Å². The smallest absolute Gasteiger partial charge is 0.226 e. The van der Waals surface area contributed by atoms with Gasteiger partial charge in [0, 0.05) is 18.9 Å². The van der Waals surface area contributed by atoms with E-state index in [9.17, 15) is 4.79 Å². The first-order valence-electron chi connectivity index (χ1n) is 10.1. The number of rotatable bonds is 9. The molecule has 1 aromatic carbocycles. The molecule has 9 heteroatoms. The van der Waals surface area contributed by atoms with Crippen LogP contribution in [0.2, 0.25) is 0 Å². The van der Waals surface area contributed by atoms with E-state index >= 15 is 0 Å². The Bertz CT molecular complexity index is 1170. The summed E-state index contributed by atoms with van der Waals surface area (Å²) in [5, 5.41) is 8.76. The van der Waals surface area contributed by atoms with Gasteiger partial charge in [-0.3, -0.25) is 4.79 Å². The number of hydrogen-bond donors (Lipinski definition) is 1. The SMILES string of the molecule is COc1cc(C)ccc1Oc1ccc(NC(=O)CCCc2nc(-c3cccs3)no2)cn1. The number of nitrogens with one attached hydrogen (secondary N) is 1. The Balaban J connectivity index is 1.25. The van der Waals surface area contributed by atoms with Gasteiger partial charge >= 0.3 is 0 Å². The van der Waals surface area contributed by atoms with Crippen molar-refractivity contribution in [2.45, 2.75) is 26.2 Å². The Kier molecular flexibility index (Phi) is 6.76. The van der Waals surface area contributed by atoms with Crippen LogP contribution in [0.5, 0.6) is 17.4 Å². The van der Waals surface area contributed by atoms with Gasteiger partial charge in [0.05, 0.1) is 23.9 Å². The Hall–Kier alpha value is -3.72. The number of nitrogens with zero attached hydrogens (tertiary/aromatic N) is 3. The number of ether oxygens (including phenoxy) is 2. The molecule has 0 spiro atoms. The second-order valence-corrected chi connectivity index (χ2v) is 7.98. The molecule has 0 atom stereocenters. The molecular weight excluding hydrogens is 428 g/mol. The highest BCUT2D eigenvalue weighted by molar-refractivity contribution is 7.13. The number of aryl methyl sites for hydroxylation is 2.